The first-order valence-electron chi connectivity index (χ1n) is 7.76. The summed E-state index contributed by atoms with van der Waals surface area (Å²) < 4.78 is 10.2. The van der Waals surface area contributed by atoms with Gasteiger partial charge in [-0.3, -0.25) is 0 Å². The fourth-order valence-electron chi connectivity index (χ4n) is 2.84. The minimum atomic E-state index is -0.514. The van der Waals surface area contributed by atoms with Crippen LogP contribution in [0.25, 0.3) is 11.1 Å². The maximum absolute atomic E-state index is 12.0. The average Bonchev–Trinajstić information content (AvgIpc) is 2.92. The lowest BCUT2D eigenvalue weighted by atomic mass is 9.95. The minimum Gasteiger partial charge on any atom is -0.461 e. The van der Waals surface area contributed by atoms with Crippen LogP contribution in [0.2, 0.25) is 0 Å². The van der Waals surface area contributed by atoms with E-state index in [2.05, 4.69) is 20.4 Å². The SMILES string of the molecule is CCOC(=O)c1noc2nc(C)nc(NC3CCCCC3)c12. The monoisotopic (exact) mass is 304 g/mol. The van der Waals surface area contributed by atoms with E-state index in [0.717, 1.165) is 12.8 Å². The predicted octanol–water partition coefficient (Wildman–Crippen LogP) is 2.85. The molecule has 2 aromatic rings. The number of nitrogens with one attached hydrogen (secondary N) is 1. The predicted molar refractivity (Wildman–Crippen MR) is 80.8 cm³/mol. The number of carbonyl (C=O) groups excluding carboxylic acids is 1. The summed E-state index contributed by atoms with van der Waals surface area (Å²) in [4.78, 5) is 20.7. The second kappa shape index (κ2) is 6.29. The number of rotatable bonds is 4. The molecule has 0 aromatic carbocycles. The molecular formula is C15H20N4O3. The highest BCUT2D eigenvalue weighted by atomic mass is 16.5. The first-order chi connectivity index (χ1) is 10.7. The van der Waals surface area contributed by atoms with Crippen molar-refractivity contribution >= 4 is 22.9 Å². The minimum absolute atomic E-state index is 0.134. The van der Waals surface area contributed by atoms with Crippen molar-refractivity contribution in [2.24, 2.45) is 0 Å². The lowest BCUT2D eigenvalue weighted by Crippen LogP contribution is -2.23. The Hall–Kier alpha value is -2.18. The van der Waals surface area contributed by atoms with Gasteiger partial charge in [0.1, 0.15) is 17.0 Å². The van der Waals surface area contributed by atoms with Crippen molar-refractivity contribution in [3.05, 3.63) is 11.5 Å². The normalized spacial score (nSPS) is 15.9. The van der Waals surface area contributed by atoms with Crippen molar-refractivity contribution in [2.75, 3.05) is 11.9 Å². The molecule has 7 heteroatoms. The average molecular weight is 304 g/mol. The van der Waals surface area contributed by atoms with E-state index < -0.39 is 5.97 Å². The highest BCUT2D eigenvalue weighted by Crippen LogP contribution is 2.28. The molecule has 22 heavy (non-hydrogen) atoms. The Morgan fingerprint density at radius 1 is 1.32 bits per heavy atom. The molecule has 0 saturated heterocycles. The second-order valence-electron chi connectivity index (χ2n) is 5.53. The second-order valence-corrected chi connectivity index (χ2v) is 5.53. The van der Waals surface area contributed by atoms with Gasteiger partial charge < -0.3 is 14.6 Å². The number of ether oxygens (including phenoxy) is 1. The van der Waals surface area contributed by atoms with E-state index in [1.165, 1.54) is 19.3 Å². The number of hydrogen-bond donors (Lipinski definition) is 1. The van der Waals surface area contributed by atoms with E-state index in [-0.39, 0.29) is 12.3 Å². The van der Waals surface area contributed by atoms with Crippen LogP contribution >= 0.6 is 0 Å². The largest absolute Gasteiger partial charge is 0.461 e. The molecule has 3 rings (SSSR count). The Balaban J connectivity index is 1.99. The Labute approximate surface area is 128 Å². The summed E-state index contributed by atoms with van der Waals surface area (Å²) >= 11 is 0. The van der Waals surface area contributed by atoms with E-state index >= 15 is 0 Å². The fourth-order valence-corrected chi connectivity index (χ4v) is 2.84. The standard InChI is InChI=1S/C15H20N4O3/c1-3-21-15(20)12-11-13(18-10-7-5-4-6-8-10)16-9(2)17-14(11)22-19-12/h10H,3-8H2,1-2H3,(H,16,17,18). The number of aryl methyl sites for hydroxylation is 1. The van der Waals surface area contributed by atoms with E-state index in [1.54, 1.807) is 13.8 Å². The molecule has 0 aliphatic heterocycles. The van der Waals surface area contributed by atoms with Crippen molar-refractivity contribution in [3.8, 4) is 0 Å². The molecule has 1 N–H and O–H groups in total. The molecule has 0 unspecified atom stereocenters. The van der Waals surface area contributed by atoms with Gasteiger partial charge in [-0.1, -0.05) is 24.4 Å². The van der Waals surface area contributed by atoms with Gasteiger partial charge in [-0.05, 0) is 26.7 Å². The lowest BCUT2D eigenvalue weighted by molar-refractivity contribution is 0.0517. The van der Waals surface area contributed by atoms with Crippen LogP contribution in [0.1, 0.15) is 55.3 Å². The lowest BCUT2D eigenvalue weighted by Gasteiger charge is -2.23. The van der Waals surface area contributed by atoms with E-state index in [1.807, 2.05) is 0 Å². The van der Waals surface area contributed by atoms with Gasteiger partial charge in [0, 0.05) is 6.04 Å². The molecule has 2 heterocycles. The maximum atomic E-state index is 12.0. The molecule has 118 valence electrons. The summed E-state index contributed by atoms with van der Waals surface area (Å²) in [6.07, 6.45) is 5.89. The number of esters is 1. The van der Waals surface area contributed by atoms with Gasteiger partial charge in [-0.15, -0.1) is 0 Å². The van der Waals surface area contributed by atoms with Crippen LogP contribution in [-0.4, -0.2) is 33.7 Å². The molecule has 0 amide bonds. The van der Waals surface area contributed by atoms with E-state index in [4.69, 9.17) is 9.26 Å². The van der Waals surface area contributed by atoms with Gasteiger partial charge in [0.25, 0.3) is 5.71 Å². The summed E-state index contributed by atoms with van der Waals surface area (Å²) in [6.45, 7) is 3.82. The molecule has 1 saturated carbocycles. The highest BCUT2D eigenvalue weighted by molar-refractivity contribution is 6.04. The first-order valence-corrected chi connectivity index (χ1v) is 7.76. The summed E-state index contributed by atoms with van der Waals surface area (Å²) in [5.41, 5.74) is 0.448. The van der Waals surface area contributed by atoms with Crippen LogP contribution in [0.4, 0.5) is 5.82 Å². The summed E-state index contributed by atoms with van der Waals surface area (Å²) in [5.74, 6) is 0.677. The zero-order valence-electron chi connectivity index (χ0n) is 12.9. The van der Waals surface area contributed by atoms with Crippen LogP contribution in [-0.2, 0) is 4.74 Å². The van der Waals surface area contributed by atoms with Crippen LogP contribution < -0.4 is 5.32 Å². The summed E-state index contributed by atoms with van der Waals surface area (Å²) in [6, 6.07) is 0.358. The number of carbonyl (C=O) groups is 1. The number of fused-ring (bicyclic) bond motifs is 1. The van der Waals surface area contributed by atoms with Gasteiger partial charge in [0.2, 0.25) is 5.69 Å². The van der Waals surface area contributed by atoms with Crippen molar-refractivity contribution in [3.63, 3.8) is 0 Å². The number of anilines is 1. The molecule has 0 bridgehead atoms. The van der Waals surface area contributed by atoms with Gasteiger partial charge in [0.15, 0.2) is 0 Å². The number of aromatic nitrogens is 3. The van der Waals surface area contributed by atoms with Gasteiger partial charge in [0.05, 0.1) is 6.61 Å². The van der Waals surface area contributed by atoms with Gasteiger partial charge in [-0.2, -0.15) is 4.98 Å². The van der Waals surface area contributed by atoms with Crippen LogP contribution in [0.15, 0.2) is 4.52 Å². The Morgan fingerprint density at radius 2 is 2.09 bits per heavy atom. The van der Waals surface area contributed by atoms with Crippen LogP contribution in [0.5, 0.6) is 0 Å². The molecule has 2 aromatic heterocycles. The maximum Gasteiger partial charge on any atom is 0.361 e. The molecule has 1 aliphatic carbocycles. The summed E-state index contributed by atoms with van der Waals surface area (Å²) in [5, 5.41) is 7.75. The number of nitrogens with zero attached hydrogens (tertiary/aromatic N) is 3. The van der Waals surface area contributed by atoms with Crippen molar-refractivity contribution in [1.29, 1.82) is 0 Å². The van der Waals surface area contributed by atoms with Crippen molar-refractivity contribution in [1.82, 2.24) is 15.1 Å². The molecule has 0 spiro atoms. The highest BCUT2D eigenvalue weighted by Gasteiger charge is 2.24. The first kappa shape index (κ1) is 14.7. The van der Waals surface area contributed by atoms with Crippen LogP contribution in [0, 0.1) is 6.92 Å². The van der Waals surface area contributed by atoms with Crippen molar-refractivity contribution in [2.45, 2.75) is 52.0 Å². The van der Waals surface area contributed by atoms with Gasteiger partial charge in [-0.25, -0.2) is 9.78 Å². The molecular weight excluding hydrogens is 284 g/mol. The Bertz CT molecular complexity index is 677. The summed E-state index contributed by atoms with van der Waals surface area (Å²) in [7, 11) is 0. The Kier molecular flexibility index (Phi) is 4.22. The molecule has 0 radical (unpaired) electrons. The van der Waals surface area contributed by atoms with E-state index in [0.29, 0.717) is 28.8 Å². The fraction of sp³-hybridized carbons (Fsp3) is 0.600. The third kappa shape index (κ3) is 2.88. The molecule has 0 atom stereocenters. The van der Waals surface area contributed by atoms with Crippen LogP contribution in [0.3, 0.4) is 0 Å². The zero-order valence-corrected chi connectivity index (χ0v) is 12.9. The van der Waals surface area contributed by atoms with Crippen molar-refractivity contribution < 1.29 is 14.1 Å². The van der Waals surface area contributed by atoms with E-state index in [9.17, 15) is 4.79 Å². The third-order valence-electron chi connectivity index (χ3n) is 3.86. The quantitative estimate of drug-likeness (QED) is 0.868. The molecule has 1 aliphatic rings. The molecule has 1 fully saturated rings. The zero-order chi connectivity index (χ0) is 15.5. The molecule has 7 nitrogen and oxygen atoms in total. The Morgan fingerprint density at radius 3 is 2.82 bits per heavy atom. The number of hydrogen-bond acceptors (Lipinski definition) is 7. The topological polar surface area (TPSA) is 90.1 Å². The van der Waals surface area contributed by atoms with Gasteiger partial charge >= 0.3 is 5.97 Å². The third-order valence-corrected chi connectivity index (χ3v) is 3.86. The smallest absolute Gasteiger partial charge is 0.361 e.